The summed E-state index contributed by atoms with van der Waals surface area (Å²) in [4.78, 5) is 11.5. The molecule has 13 heavy (non-hydrogen) atoms. The number of hydrogen-bond acceptors (Lipinski definition) is 2. The van der Waals surface area contributed by atoms with Crippen LogP contribution in [-0.2, 0) is 9.53 Å². The second-order valence-corrected chi connectivity index (χ2v) is 3.97. The van der Waals surface area contributed by atoms with E-state index in [2.05, 4.69) is 13.8 Å². The first-order chi connectivity index (χ1) is 6.07. The molecule has 2 heteroatoms. The van der Waals surface area contributed by atoms with Gasteiger partial charge in [-0.05, 0) is 31.6 Å². The maximum Gasteiger partial charge on any atom is 0.333 e. The van der Waals surface area contributed by atoms with Crippen LogP contribution in [0.1, 0.15) is 33.6 Å². The Morgan fingerprint density at radius 2 is 1.85 bits per heavy atom. The Labute approximate surface area is 80.0 Å². The third kappa shape index (κ3) is 1.93. The molecule has 0 bridgehead atoms. The zero-order valence-electron chi connectivity index (χ0n) is 8.89. The normalized spacial score (nSPS) is 28.9. The van der Waals surface area contributed by atoms with Gasteiger partial charge in [-0.3, -0.25) is 0 Å². The predicted molar refractivity (Wildman–Crippen MR) is 52.3 cm³/mol. The average Bonchev–Trinajstić information content (AvgIpc) is 2.12. The van der Waals surface area contributed by atoms with Crippen LogP contribution in [0, 0.1) is 11.8 Å². The highest BCUT2D eigenvalue weighted by Crippen LogP contribution is 2.34. The molecule has 0 aromatic heterocycles. The van der Waals surface area contributed by atoms with E-state index in [0.717, 1.165) is 12.0 Å². The molecule has 0 spiro atoms. The number of allylic oxidation sites excluding steroid dienone is 1. The fourth-order valence-corrected chi connectivity index (χ4v) is 1.99. The molecule has 74 valence electrons. The van der Waals surface area contributed by atoms with Crippen molar-refractivity contribution in [2.24, 2.45) is 11.8 Å². The number of ether oxygens (including phenoxy) is 1. The van der Waals surface area contributed by atoms with Gasteiger partial charge in [0.15, 0.2) is 0 Å². The Bertz CT molecular complexity index is 240. The van der Waals surface area contributed by atoms with E-state index in [-0.39, 0.29) is 5.97 Å². The molecule has 2 nitrogen and oxygen atoms in total. The lowest BCUT2D eigenvalue weighted by atomic mass is 9.79. The molecule has 2 atom stereocenters. The molecule has 0 aromatic rings. The minimum absolute atomic E-state index is 0.142. The first-order valence-corrected chi connectivity index (χ1v) is 4.87. The van der Waals surface area contributed by atoms with Gasteiger partial charge in [-0.15, -0.1) is 0 Å². The molecule has 0 saturated carbocycles. The van der Waals surface area contributed by atoms with Gasteiger partial charge in [0.05, 0.1) is 7.11 Å². The zero-order valence-corrected chi connectivity index (χ0v) is 8.89. The molecule has 2 unspecified atom stereocenters. The van der Waals surface area contributed by atoms with Crippen molar-refractivity contribution in [3.05, 3.63) is 11.1 Å². The van der Waals surface area contributed by atoms with Gasteiger partial charge in [0.25, 0.3) is 0 Å². The first kappa shape index (κ1) is 10.3. The standard InChI is InChI=1S/C11H18O2/c1-7-5-6-8(2)10(9(7)3)11(12)13-4/h7-8H,5-6H2,1-4H3. The van der Waals surface area contributed by atoms with Crippen molar-refractivity contribution in [2.75, 3.05) is 7.11 Å². The quantitative estimate of drug-likeness (QED) is 0.582. The van der Waals surface area contributed by atoms with Crippen LogP contribution >= 0.6 is 0 Å². The van der Waals surface area contributed by atoms with Gasteiger partial charge in [0, 0.05) is 5.57 Å². The Morgan fingerprint density at radius 3 is 2.38 bits per heavy atom. The Balaban J connectivity index is 2.98. The monoisotopic (exact) mass is 182 g/mol. The van der Waals surface area contributed by atoms with E-state index < -0.39 is 0 Å². The fraction of sp³-hybridized carbons (Fsp3) is 0.727. The number of methoxy groups -OCH3 is 1. The lowest BCUT2D eigenvalue weighted by Crippen LogP contribution is -2.21. The van der Waals surface area contributed by atoms with Crippen LogP contribution in [0.25, 0.3) is 0 Å². The summed E-state index contributed by atoms with van der Waals surface area (Å²) in [6.45, 7) is 6.32. The van der Waals surface area contributed by atoms with Crippen LogP contribution in [0.2, 0.25) is 0 Å². The van der Waals surface area contributed by atoms with Gasteiger partial charge in [0.2, 0.25) is 0 Å². The largest absolute Gasteiger partial charge is 0.466 e. The lowest BCUT2D eigenvalue weighted by molar-refractivity contribution is -0.137. The molecule has 0 aliphatic heterocycles. The number of carbonyl (C=O) groups excluding carboxylic acids is 1. The lowest BCUT2D eigenvalue weighted by Gasteiger charge is -2.27. The van der Waals surface area contributed by atoms with E-state index >= 15 is 0 Å². The van der Waals surface area contributed by atoms with Gasteiger partial charge < -0.3 is 4.74 Å². The zero-order chi connectivity index (χ0) is 10.0. The number of esters is 1. The van der Waals surface area contributed by atoms with E-state index in [1.165, 1.54) is 19.1 Å². The Hall–Kier alpha value is -0.790. The van der Waals surface area contributed by atoms with Crippen LogP contribution in [-0.4, -0.2) is 13.1 Å². The summed E-state index contributed by atoms with van der Waals surface area (Å²) in [5, 5.41) is 0. The number of hydrogen-bond donors (Lipinski definition) is 0. The highest BCUT2D eigenvalue weighted by atomic mass is 16.5. The number of rotatable bonds is 1. The minimum atomic E-state index is -0.142. The molecule has 0 saturated heterocycles. The fourth-order valence-electron chi connectivity index (χ4n) is 1.99. The Kier molecular flexibility index (Phi) is 3.12. The summed E-state index contributed by atoms with van der Waals surface area (Å²) >= 11 is 0. The summed E-state index contributed by atoms with van der Waals surface area (Å²) < 4.78 is 4.78. The van der Waals surface area contributed by atoms with Crippen LogP contribution in [0.3, 0.4) is 0 Å². The predicted octanol–water partition coefficient (Wildman–Crippen LogP) is 2.54. The van der Waals surface area contributed by atoms with Crippen LogP contribution in [0.5, 0.6) is 0 Å². The molecule has 0 amide bonds. The van der Waals surface area contributed by atoms with Crippen molar-refractivity contribution < 1.29 is 9.53 Å². The molecule has 1 aliphatic rings. The van der Waals surface area contributed by atoms with Crippen molar-refractivity contribution >= 4 is 5.97 Å². The maximum absolute atomic E-state index is 11.5. The van der Waals surface area contributed by atoms with Crippen LogP contribution < -0.4 is 0 Å². The Morgan fingerprint density at radius 1 is 1.31 bits per heavy atom. The SMILES string of the molecule is COC(=O)C1=C(C)C(C)CCC1C. The topological polar surface area (TPSA) is 26.3 Å². The third-order valence-electron chi connectivity index (χ3n) is 3.09. The van der Waals surface area contributed by atoms with E-state index in [1.807, 2.05) is 6.92 Å². The summed E-state index contributed by atoms with van der Waals surface area (Å²) in [5.41, 5.74) is 2.12. The van der Waals surface area contributed by atoms with Crippen molar-refractivity contribution in [1.82, 2.24) is 0 Å². The molecule has 0 fully saturated rings. The minimum Gasteiger partial charge on any atom is -0.466 e. The molecule has 0 radical (unpaired) electrons. The van der Waals surface area contributed by atoms with E-state index in [0.29, 0.717) is 11.8 Å². The van der Waals surface area contributed by atoms with Gasteiger partial charge in [-0.1, -0.05) is 19.4 Å². The first-order valence-electron chi connectivity index (χ1n) is 4.87. The second-order valence-electron chi connectivity index (χ2n) is 3.97. The van der Waals surface area contributed by atoms with Gasteiger partial charge in [0.1, 0.15) is 0 Å². The summed E-state index contributed by atoms with van der Waals surface area (Å²) in [7, 11) is 1.45. The van der Waals surface area contributed by atoms with Gasteiger partial charge in [-0.2, -0.15) is 0 Å². The van der Waals surface area contributed by atoms with E-state index in [9.17, 15) is 4.79 Å². The van der Waals surface area contributed by atoms with Gasteiger partial charge in [-0.25, -0.2) is 4.79 Å². The van der Waals surface area contributed by atoms with Crippen LogP contribution in [0.4, 0.5) is 0 Å². The van der Waals surface area contributed by atoms with Crippen LogP contribution in [0.15, 0.2) is 11.1 Å². The van der Waals surface area contributed by atoms with Crippen molar-refractivity contribution in [1.29, 1.82) is 0 Å². The summed E-state index contributed by atoms with van der Waals surface area (Å²) in [6, 6.07) is 0. The summed E-state index contributed by atoms with van der Waals surface area (Å²) in [6.07, 6.45) is 2.29. The molecular formula is C11H18O2. The second kappa shape index (κ2) is 3.95. The third-order valence-corrected chi connectivity index (χ3v) is 3.09. The van der Waals surface area contributed by atoms with Gasteiger partial charge >= 0.3 is 5.97 Å². The van der Waals surface area contributed by atoms with E-state index in [1.54, 1.807) is 0 Å². The summed E-state index contributed by atoms with van der Waals surface area (Å²) in [5.74, 6) is 0.755. The molecule has 0 heterocycles. The molecular weight excluding hydrogens is 164 g/mol. The molecule has 0 aromatic carbocycles. The highest BCUT2D eigenvalue weighted by molar-refractivity contribution is 5.90. The highest BCUT2D eigenvalue weighted by Gasteiger charge is 2.27. The molecule has 0 N–H and O–H groups in total. The molecule has 1 rings (SSSR count). The van der Waals surface area contributed by atoms with Crippen molar-refractivity contribution in [2.45, 2.75) is 33.6 Å². The van der Waals surface area contributed by atoms with Crippen molar-refractivity contribution in [3.63, 3.8) is 0 Å². The average molecular weight is 182 g/mol. The van der Waals surface area contributed by atoms with Crippen molar-refractivity contribution in [3.8, 4) is 0 Å². The van der Waals surface area contributed by atoms with E-state index in [4.69, 9.17) is 4.74 Å². The smallest absolute Gasteiger partial charge is 0.333 e. The molecule has 1 aliphatic carbocycles. The maximum atomic E-state index is 11.5. The number of carbonyl (C=O) groups is 1.